The minimum atomic E-state index is -0.377. The Morgan fingerprint density at radius 1 is 1.47 bits per heavy atom. The molecule has 0 aliphatic rings. The normalized spacial score (nSPS) is 10.2. The van der Waals surface area contributed by atoms with E-state index in [2.05, 4.69) is 4.98 Å². The Bertz CT molecular complexity index is 528. The van der Waals surface area contributed by atoms with Gasteiger partial charge >= 0.3 is 5.97 Å². The van der Waals surface area contributed by atoms with Gasteiger partial charge < -0.3 is 9.72 Å². The summed E-state index contributed by atoms with van der Waals surface area (Å²) in [5.41, 5.74) is 1.40. The van der Waals surface area contributed by atoms with Crippen molar-refractivity contribution in [2.24, 2.45) is 0 Å². The molecule has 1 aromatic heterocycles. The van der Waals surface area contributed by atoms with E-state index in [9.17, 15) is 9.59 Å². The van der Waals surface area contributed by atoms with Crippen LogP contribution in [0.15, 0.2) is 24.4 Å². The third-order valence-corrected chi connectivity index (χ3v) is 2.07. The molecule has 4 nitrogen and oxygen atoms in total. The average molecular weight is 203 g/mol. The Kier molecular flexibility index (Phi) is 2.25. The molecule has 0 saturated carbocycles. The fourth-order valence-electron chi connectivity index (χ4n) is 1.45. The summed E-state index contributed by atoms with van der Waals surface area (Å²) >= 11 is 0. The van der Waals surface area contributed by atoms with Crippen molar-refractivity contribution >= 4 is 23.2 Å². The molecular formula is C11H9NO3. The molecule has 0 amide bonds. The van der Waals surface area contributed by atoms with E-state index in [0.717, 1.165) is 17.2 Å². The first-order valence-electron chi connectivity index (χ1n) is 4.45. The molecule has 1 heterocycles. The van der Waals surface area contributed by atoms with Crippen LogP contribution in [0.1, 0.15) is 17.3 Å². The number of hydrogen-bond acceptors (Lipinski definition) is 3. The number of nitrogens with one attached hydrogen (secondary N) is 1. The van der Waals surface area contributed by atoms with Crippen LogP contribution in [0.3, 0.4) is 0 Å². The van der Waals surface area contributed by atoms with Crippen LogP contribution in [0.4, 0.5) is 0 Å². The molecule has 0 saturated heterocycles. The van der Waals surface area contributed by atoms with Crippen molar-refractivity contribution in [2.45, 2.75) is 6.92 Å². The van der Waals surface area contributed by atoms with Crippen molar-refractivity contribution in [3.8, 4) is 5.75 Å². The zero-order valence-electron chi connectivity index (χ0n) is 8.11. The number of rotatable bonds is 2. The van der Waals surface area contributed by atoms with Crippen LogP contribution in [0.25, 0.3) is 10.9 Å². The maximum absolute atomic E-state index is 10.7. The number of benzene rings is 1. The van der Waals surface area contributed by atoms with E-state index < -0.39 is 0 Å². The number of hydrogen-bond donors (Lipinski definition) is 1. The molecule has 0 aliphatic carbocycles. The number of aldehydes is 1. The molecule has 0 fully saturated rings. The third-order valence-electron chi connectivity index (χ3n) is 2.07. The van der Waals surface area contributed by atoms with Crippen molar-refractivity contribution in [2.75, 3.05) is 0 Å². The lowest BCUT2D eigenvalue weighted by Crippen LogP contribution is -2.00. The maximum atomic E-state index is 10.7. The highest BCUT2D eigenvalue weighted by Crippen LogP contribution is 2.22. The van der Waals surface area contributed by atoms with Gasteiger partial charge in [-0.05, 0) is 18.2 Å². The molecule has 1 aromatic carbocycles. The lowest BCUT2D eigenvalue weighted by molar-refractivity contribution is -0.131. The molecule has 0 atom stereocenters. The van der Waals surface area contributed by atoms with E-state index in [4.69, 9.17) is 4.74 Å². The number of ether oxygens (including phenoxy) is 1. The van der Waals surface area contributed by atoms with Gasteiger partial charge in [-0.1, -0.05) is 0 Å². The predicted octanol–water partition coefficient (Wildman–Crippen LogP) is 1.91. The number of aromatic amines is 1. The molecule has 0 spiro atoms. The summed E-state index contributed by atoms with van der Waals surface area (Å²) in [6.07, 6.45) is 2.38. The van der Waals surface area contributed by atoms with Gasteiger partial charge in [0.2, 0.25) is 0 Å². The van der Waals surface area contributed by atoms with Crippen LogP contribution < -0.4 is 4.74 Å². The SMILES string of the molecule is CC(=O)Oc1ccc2[nH]cc(C=O)c2c1. The van der Waals surface area contributed by atoms with E-state index in [1.165, 1.54) is 6.92 Å². The predicted molar refractivity (Wildman–Crippen MR) is 55.0 cm³/mol. The van der Waals surface area contributed by atoms with E-state index in [0.29, 0.717) is 11.3 Å². The molecule has 76 valence electrons. The van der Waals surface area contributed by atoms with Crippen molar-refractivity contribution < 1.29 is 14.3 Å². The van der Waals surface area contributed by atoms with E-state index in [-0.39, 0.29) is 5.97 Å². The summed E-state index contributed by atoms with van der Waals surface area (Å²) in [5, 5.41) is 0.753. The Labute approximate surface area is 85.9 Å². The molecule has 2 rings (SSSR count). The number of carbonyl (C=O) groups is 2. The van der Waals surface area contributed by atoms with Gasteiger partial charge in [0.15, 0.2) is 6.29 Å². The second kappa shape index (κ2) is 3.57. The maximum Gasteiger partial charge on any atom is 0.308 e. The first kappa shape index (κ1) is 9.45. The number of esters is 1. The summed E-state index contributed by atoms with van der Waals surface area (Å²) in [5.74, 6) is 0.0650. The van der Waals surface area contributed by atoms with Crippen LogP contribution in [-0.4, -0.2) is 17.2 Å². The minimum absolute atomic E-state index is 0.377. The van der Waals surface area contributed by atoms with Gasteiger partial charge in [-0.2, -0.15) is 0 Å². The highest BCUT2D eigenvalue weighted by atomic mass is 16.5. The summed E-state index contributed by atoms with van der Waals surface area (Å²) in [7, 11) is 0. The van der Waals surface area contributed by atoms with E-state index in [1.54, 1.807) is 24.4 Å². The van der Waals surface area contributed by atoms with Crippen LogP contribution in [-0.2, 0) is 4.79 Å². The summed E-state index contributed by atoms with van der Waals surface area (Å²) in [6.45, 7) is 1.34. The molecule has 0 bridgehead atoms. The van der Waals surface area contributed by atoms with Gasteiger partial charge in [0.05, 0.1) is 0 Å². The van der Waals surface area contributed by atoms with Gasteiger partial charge in [0.1, 0.15) is 5.75 Å². The van der Waals surface area contributed by atoms with Crippen LogP contribution in [0, 0.1) is 0 Å². The average Bonchev–Trinajstić information content (AvgIpc) is 2.59. The molecule has 15 heavy (non-hydrogen) atoms. The zero-order chi connectivity index (χ0) is 10.8. The first-order chi connectivity index (χ1) is 7.20. The Morgan fingerprint density at radius 2 is 2.27 bits per heavy atom. The summed E-state index contributed by atoms with van der Waals surface area (Å²) in [4.78, 5) is 24.4. The van der Waals surface area contributed by atoms with Gasteiger partial charge in [-0.25, -0.2) is 0 Å². The number of H-pyrrole nitrogens is 1. The number of aromatic nitrogens is 1. The second-order valence-corrected chi connectivity index (χ2v) is 3.16. The minimum Gasteiger partial charge on any atom is -0.427 e. The topological polar surface area (TPSA) is 59.2 Å². The van der Waals surface area contributed by atoms with Gasteiger partial charge in [-0.3, -0.25) is 9.59 Å². The smallest absolute Gasteiger partial charge is 0.308 e. The molecule has 1 N–H and O–H groups in total. The Balaban J connectivity index is 2.52. The van der Waals surface area contributed by atoms with Crippen molar-refractivity contribution in [1.82, 2.24) is 4.98 Å². The zero-order valence-corrected chi connectivity index (χ0v) is 8.11. The molecule has 0 aliphatic heterocycles. The van der Waals surface area contributed by atoms with Gasteiger partial charge in [-0.15, -0.1) is 0 Å². The lowest BCUT2D eigenvalue weighted by Gasteiger charge is -2.00. The van der Waals surface area contributed by atoms with Crippen molar-refractivity contribution in [1.29, 1.82) is 0 Å². The largest absolute Gasteiger partial charge is 0.427 e. The molecule has 4 heteroatoms. The van der Waals surface area contributed by atoms with E-state index >= 15 is 0 Å². The Hall–Kier alpha value is -2.10. The standard InChI is InChI=1S/C11H9NO3/c1-7(14)15-9-2-3-11-10(4-9)8(6-13)5-12-11/h2-6,12H,1H3. The molecule has 0 unspecified atom stereocenters. The molecular weight excluding hydrogens is 194 g/mol. The highest BCUT2D eigenvalue weighted by molar-refractivity contribution is 5.97. The third kappa shape index (κ3) is 1.74. The van der Waals surface area contributed by atoms with Crippen molar-refractivity contribution in [3.63, 3.8) is 0 Å². The highest BCUT2D eigenvalue weighted by Gasteiger charge is 2.05. The Morgan fingerprint density at radius 3 is 2.93 bits per heavy atom. The lowest BCUT2D eigenvalue weighted by atomic mass is 10.2. The van der Waals surface area contributed by atoms with Gasteiger partial charge in [0.25, 0.3) is 0 Å². The fourth-order valence-corrected chi connectivity index (χ4v) is 1.45. The first-order valence-corrected chi connectivity index (χ1v) is 4.45. The van der Waals surface area contributed by atoms with Crippen molar-refractivity contribution in [3.05, 3.63) is 30.0 Å². The molecule has 2 aromatic rings. The summed E-state index contributed by atoms with van der Waals surface area (Å²) in [6, 6.07) is 5.10. The quantitative estimate of drug-likeness (QED) is 0.460. The van der Waals surface area contributed by atoms with Crippen LogP contribution in [0.5, 0.6) is 5.75 Å². The molecule has 0 radical (unpaired) electrons. The number of carbonyl (C=O) groups excluding carboxylic acids is 2. The van der Waals surface area contributed by atoms with Crippen LogP contribution >= 0.6 is 0 Å². The second-order valence-electron chi connectivity index (χ2n) is 3.16. The van der Waals surface area contributed by atoms with E-state index in [1.807, 2.05) is 0 Å². The number of fused-ring (bicyclic) bond motifs is 1. The van der Waals surface area contributed by atoms with Crippen LogP contribution in [0.2, 0.25) is 0 Å². The monoisotopic (exact) mass is 203 g/mol. The summed E-state index contributed by atoms with van der Waals surface area (Å²) < 4.78 is 4.92. The fraction of sp³-hybridized carbons (Fsp3) is 0.0909. The van der Waals surface area contributed by atoms with Gasteiger partial charge in [0, 0.05) is 29.6 Å².